The lowest BCUT2D eigenvalue weighted by Gasteiger charge is -2.08. The lowest BCUT2D eigenvalue weighted by atomic mass is 9.78. The zero-order chi connectivity index (χ0) is 17.6. The SMILES string of the molecule is [2H]C([2H])([2H])C([2H])(C([2H])([2H])[2H])C([2H])([2H])c1ncncc1B(O)O. The normalized spacial score (nSPS) is 24.6. The summed E-state index contributed by atoms with van der Waals surface area (Å²) in [4.78, 5) is 6.88. The summed E-state index contributed by atoms with van der Waals surface area (Å²) in [6.07, 6.45) is -1.74. The largest absolute Gasteiger partial charge is 0.491 e. The van der Waals surface area contributed by atoms with Crippen LogP contribution in [0.4, 0.5) is 0 Å². The summed E-state index contributed by atoms with van der Waals surface area (Å²) in [6, 6.07) is 0. The van der Waals surface area contributed by atoms with Gasteiger partial charge >= 0.3 is 7.12 Å². The van der Waals surface area contributed by atoms with Crippen LogP contribution in [0, 0.1) is 5.89 Å². The van der Waals surface area contributed by atoms with Crippen LogP contribution in [0.1, 0.15) is 31.7 Å². The molecule has 0 amide bonds. The van der Waals surface area contributed by atoms with Crippen LogP contribution < -0.4 is 5.46 Å². The van der Waals surface area contributed by atoms with Crippen LogP contribution in [0.25, 0.3) is 0 Å². The standard InChI is InChI=1S/C8H13BN2O2/c1-6(2)3-8-7(9(12)13)4-10-5-11-8/h4-6,12-13H,3H2,1-2H3/i1D3,2D3,3D2,6D. The smallest absolute Gasteiger partial charge is 0.423 e. The summed E-state index contributed by atoms with van der Waals surface area (Å²) in [5.74, 6) is -3.58. The van der Waals surface area contributed by atoms with E-state index in [1.807, 2.05) is 0 Å². The van der Waals surface area contributed by atoms with Gasteiger partial charge in [0, 0.05) is 29.7 Å². The van der Waals surface area contributed by atoms with E-state index in [1.165, 1.54) is 0 Å². The van der Waals surface area contributed by atoms with E-state index in [1.54, 1.807) is 0 Å². The second kappa shape index (κ2) is 4.34. The minimum atomic E-state index is -3.58. The van der Waals surface area contributed by atoms with E-state index in [2.05, 4.69) is 9.97 Å². The molecule has 0 atom stereocenters. The van der Waals surface area contributed by atoms with Gasteiger partial charge in [-0.3, -0.25) is 0 Å². The molecule has 2 N–H and O–H groups in total. The Bertz CT molecular complexity index is 531. The molecule has 0 unspecified atom stereocenters. The van der Waals surface area contributed by atoms with Crippen LogP contribution in [0.5, 0.6) is 0 Å². The maximum absolute atomic E-state index is 9.21. The van der Waals surface area contributed by atoms with Crippen LogP contribution in [0.3, 0.4) is 0 Å². The maximum Gasteiger partial charge on any atom is 0.491 e. The lowest BCUT2D eigenvalue weighted by molar-refractivity contribution is 0.424. The predicted octanol–water partition coefficient (Wildman–Crippen LogP) is -0.645. The summed E-state index contributed by atoms with van der Waals surface area (Å²) >= 11 is 0. The van der Waals surface area contributed by atoms with Crippen molar-refractivity contribution >= 4 is 12.6 Å². The Balaban J connectivity index is 3.69. The van der Waals surface area contributed by atoms with Crippen molar-refractivity contribution in [2.45, 2.75) is 20.1 Å². The Morgan fingerprint density at radius 2 is 2.54 bits per heavy atom. The first-order valence-electron chi connectivity index (χ1n) is 7.84. The van der Waals surface area contributed by atoms with Crippen molar-refractivity contribution in [2.24, 2.45) is 5.89 Å². The first-order valence-corrected chi connectivity index (χ1v) is 3.34. The maximum atomic E-state index is 9.21. The molecule has 0 aliphatic heterocycles. The topological polar surface area (TPSA) is 66.2 Å². The van der Waals surface area contributed by atoms with Crippen molar-refractivity contribution in [1.82, 2.24) is 9.97 Å². The molecule has 0 aromatic carbocycles. The molecule has 0 spiro atoms. The number of rotatable bonds is 3. The fraction of sp³-hybridized carbons (Fsp3) is 0.500. The van der Waals surface area contributed by atoms with E-state index in [4.69, 9.17) is 12.3 Å². The first kappa shape index (κ1) is 3.33. The Morgan fingerprint density at radius 1 is 1.77 bits per heavy atom. The molecule has 0 aliphatic carbocycles. The third-order valence-corrected chi connectivity index (χ3v) is 1.26. The van der Waals surface area contributed by atoms with Crippen LogP contribution in [0.2, 0.25) is 0 Å². The average Bonchev–Trinajstić information content (AvgIpc) is 2.34. The molecule has 13 heavy (non-hydrogen) atoms. The summed E-state index contributed by atoms with van der Waals surface area (Å²) < 4.78 is 67.5. The molecule has 0 bridgehead atoms. The Kier molecular flexibility index (Phi) is 1.11. The van der Waals surface area contributed by atoms with Crippen LogP contribution >= 0.6 is 0 Å². The zero-order valence-electron chi connectivity index (χ0n) is 15.5. The van der Waals surface area contributed by atoms with E-state index in [0.717, 1.165) is 12.5 Å². The average molecular weight is 189 g/mol. The van der Waals surface area contributed by atoms with Crippen molar-refractivity contribution in [1.29, 1.82) is 0 Å². The summed E-state index contributed by atoms with van der Waals surface area (Å²) in [7, 11) is -2.26. The molecule has 70 valence electrons. The summed E-state index contributed by atoms with van der Waals surface area (Å²) in [6.45, 7) is -7.07. The molecule has 1 heterocycles. The zero-order valence-corrected chi connectivity index (χ0v) is 6.52. The number of hydrogen-bond donors (Lipinski definition) is 2. The van der Waals surface area contributed by atoms with Crippen molar-refractivity contribution in [2.75, 3.05) is 0 Å². The van der Waals surface area contributed by atoms with Crippen LogP contribution in [0.15, 0.2) is 12.5 Å². The van der Waals surface area contributed by atoms with Gasteiger partial charge in [0.05, 0.1) is 0 Å². The van der Waals surface area contributed by atoms with Gasteiger partial charge in [0.25, 0.3) is 0 Å². The van der Waals surface area contributed by atoms with E-state index in [-0.39, 0.29) is 0 Å². The molecule has 0 saturated carbocycles. The van der Waals surface area contributed by atoms with Gasteiger partial charge in [-0.05, 0) is 12.3 Å². The molecule has 0 radical (unpaired) electrons. The van der Waals surface area contributed by atoms with E-state index in [9.17, 15) is 10.0 Å². The van der Waals surface area contributed by atoms with E-state index >= 15 is 0 Å². The molecule has 0 saturated heterocycles. The van der Waals surface area contributed by atoms with Crippen molar-refractivity contribution in [3.05, 3.63) is 18.2 Å². The monoisotopic (exact) mass is 189 g/mol. The van der Waals surface area contributed by atoms with E-state index < -0.39 is 44.2 Å². The van der Waals surface area contributed by atoms with Gasteiger partial charge < -0.3 is 10.0 Å². The number of nitrogens with zero attached hydrogens (tertiary/aromatic N) is 2. The Hall–Kier alpha value is -0.935. The molecular weight excluding hydrogens is 167 g/mol. The first-order chi connectivity index (χ1) is 9.68. The van der Waals surface area contributed by atoms with Crippen molar-refractivity contribution < 1.29 is 22.4 Å². The molecule has 1 aromatic rings. The lowest BCUT2D eigenvalue weighted by Crippen LogP contribution is -2.34. The van der Waals surface area contributed by atoms with Gasteiger partial charge in [0.15, 0.2) is 0 Å². The minimum absolute atomic E-state index is 0.613. The quantitative estimate of drug-likeness (QED) is 0.620. The Labute approximate surface area is 90.5 Å². The molecular formula is C8H13BN2O2. The fourth-order valence-electron chi connectivity index (χ4n) is 0.752. The van der Waals surface area contributed by atoms with Gasteiger partial charge in [-0.15, -0.1) is 0 Å². The number of aromatic nitrogens is 2. The van der Waals surface area contributed by atoms with Crippen LogP contribution in [-0.4, -0.2) is 27.1 Å². The highest BCUT2D eigenvalue weighted by atomic mass is 16.4. The van der Waals surface area contributed by atoms with Crippen LogP contribution in [-0.2, 0) is 6.37 Å². The second-order valence-corrected chi connectivity index (χ2v) is 2.20. The molecule has 1 rings (SSSR count). The van der Waals surface area contributed by atoms with Gasteiger partial charge in [-0.2, -0.15) is 0 Å². The second-order valence-electron chi connectivity index (χ2n) is 2.20. The van der Waals surface area contributed by atoms with Gasteiger partial charge in [0.1, 0.15) is 6.33 Å². The van der Waals surface area contributed by atoms with Gasteiger partial charge in [0.2, 0.25) is 0 Å². The molecule has 1 aromatic heterocycles. The molecule has 0 aliphatic rings. The third-order valence-electron chi connectivity index (χ3n) is 1.26. The molecule has 5 heteroatoms. The van der Waals surface area contributed by atoms with E-state index in [0.29, 0.717) is 0 Å². The molecule has 0 fully saturated rings. The van der Waals surface area contributed by atoms with Crippen molar-refractivity contribution in [3.8, 4) is 0 Å². The van der Waals surface area contributed by atoms with Gasteiger partial charge in [-0.1, -0.05) is 13.7 Å². The highest BCUT2D eigenvalue weighted by Crippen LogP contribution is 2.01. The van der Waals surface area contributed by atoms with Gasteiger partial charge in [-0.25, -0.2) is 9.97 Å². The minimum Gasteiger partial charge on any atom is -0.423 e. The fourth-order valence-corrected chi connectivity index (χ4v) is 0.752. The highest BCUT2D eigenvalue weighted by Gasteiger charge is 2.17. The summed E-state index contributed by atoms with van der Waals surface area (Å²) in [5, 5.41) is 18.4. The van der Waals surface area contributed by atoms with Crippen molar-refractivity contribution in [3.63, 3.8) is 0 Å². The Morgan fingerprint density at radius 3 is 3.15 bits per heavy atom. The molecule has 4 nitrogen and oxygen atoms in total. The highest BCUT2D eigenvalue weighted by molar-refractivity contribution is 6.58. The predicted molar refractivity (Wildman–Crippen MR) is 50.4 cm³/mol. The third kappa shape index (κ3) is 2.79. The summed E-state index contributed by atoms with van der Waals surface area (Å²) in [5.41, 5.74) is -1.49. The number of hydrogen-bond acceptors (Lipinski definition) is 4.